The van der Waals surface area contributed by atoms with Crippen LogP contribution in [-0.2, 0) is 0 Å². The fourth-order valence-electron chi connectivity index (χ4n) is 2.63. The van der Waals surface area contributed by atoms with Crippen LogP contribution < -0.4 is 14.8 Å². The van der Waals surface area contributed by atoms with E-state index in [0.717, 1.165) is 23.6 Å². The van der Waals surface area contributed by atoms with Crippen molar-refractivity contribution >= 4 is 6.08 Å². The van der Waals surface area contributed by atoms with E-state index in [1.807, 2.05) is 41.3 Å². The Kier molecular flexibility index (Phi) is 4.67. The van der Waals surface area contributed by atoms with Crippen LogP contribution in [0.3, 0.4) is 0 Å². The number of methoxy groups -OCH3 is 1. The molecule has 1 aromatic heterocycles. The number of fused-ring (bicyclic) bond motifs is 1. The van der Waals surface area contributed by atoms with Gasteiger partial charge in [0.05, 0.1) is 13.2 Å². The molecule has 0 bridgehead atoms. The maximum Gasteiger partial charge on any atom is 0.130 e. The minimum Gasteiger partial charge on any atom is -0.497 e. The molecule has 0 radical (unpaired) electrons. The summed E-state index contributed by atoms with van der Waals surface area (Å²) in [5.41, 5.74) is 2.34. The molecule has 5 nitrogen and oxygen atoms in total. The average molecular weight is 313 g/mol. The largest absolute Gasteiger partial charge is 0.497 e. The molecule has 0 fully saturated rings. The van der Waals surface area contributed by atoms with E-state index in [-0.39, 0.29) is 0 Å². The summed E-state index contributed by atoms with van der Waals surface area (Å²) in [6.07, 6.45) is 6.00. The van der Waals surface area contributed by atoms with Crippen molar-refractivity contribution in [1.29, 1.82) is 0 Å². The Bertz CT molecular complexity index is 680. The van der Waals surface area contributed by atoms with Crippen molar-refractivity contribution in [3.8, 4) is 11.5 Å². The van der Waals surface area contributed by atoms with E-state index < -0.39 is 0 Å². The minimum absolute atomic E-state index is 0.298. The van der Waals surface area contributed by atoms with Crippen molar-refractivity contribution in [3.63, 3.8) is 0 Å². The van der Waals surface area contributed by atoms with Gasteiger partial charge in [0.25, 0.3) is 0 Å². The second kappa shape index (κ2) is 6.87. The molecule has 1 aliphatic heterocycles. The van der Waals surface area contributed by atoms with Crippen molar-refractivity contribution in [2.45, 2.75) is 25.9 Å². The van der Waals surface area contributed by atoms with E-state index in [4.69, 9.17) is 9.47 Å². The Labute approximate surface area is 136 Å². The molecule has 0 saturated carbocycles. The lowest BCUT2D eigenvalue weighted by atomic mass is 10.1. The molecule has 1 aromatic carbocycles. The number of hydrogen-bond donors (Lipinski definition) is 1. The first-order valence-electron chi connectivity index (χ1n) is 7.90. The van der Waals surface area contributed by atoms with Gasteiger partial charge in [0.1, 0.15) is 18.1 Å². The molecule has 0 saturated heterocycles. The van der Waals surface area contributed by atoms with Gasteiger partial charge in [0, 0.05) is 36.6 Å². The molecule has 0 spiro atoms. The lowest BCUT2D eigenvalue weighted by Crippen LogP contribution is -2.36. The summed E-state index contributed by atoms with van der Waals surface area (Å²) in [4.78, 5) is 0. The minimum atomic E-state index is 0.298. The Balaban J connectivity index is 1.61. The van der Waals surface area contributed by atoms with Gasteiger partial charge >= 0.3 is 0 Å². The summed E-state index contributed by atoms with van der Waals surface area (Å²) in [7, 11) is 1.66. The Morgan fingerprint density at radius 3 is 3.00 bits per heavy atom. The smallest absolute Gasteiger partial charge is 0.130 e. The van der Waals surface area contributed by atoms with Crippen LogP contribution in [0.15, 0.2) is 42.2 Å². The number of ether oxygens (including phenoxy) is 2. The van der Waals surface area contributed by atoms with Gasteiger partial charge in [-0.1, -0.05) is 0 Å². The van der Waals surface area contributed by atoms with Gasteiger partial charge in [-0.15, -0.1) is 0 Å². The van der Waals surface area contributed by atoms with Crippen LogP contribution >= 0.6 is 0 Å². The molecule has 122 valence electrons. The zero-order valence-electron chi connectivity index (χ0n) is 13.8. The molecule has 3 rings (SSSR count). The van der Waals surface area contributed by atoms with Crippen LogP contribution in [0.2, 0.25) is 0 Å². The average Bonchev–Trinajstić information content (AvgIpc) is 3.12. The van der Waals surface area contributed by atoms with Crippen molar-refractivity contribution in [3.05, 3.63) is 47.8 Å². The topological polar surface area (TPSA) is 48.3 Å². The molecule has 0 unspecified atom stereocenters. The monoisotopic (exact) mass is 313 g/mol. The normalized spacial score (nSPS) is 16.0. The second-order valence-corrected chi connectivity index (χ2v) is 5.89. The molecular weight excluding hydrogens is 290 g/mol. The van der Waals surface area contributed by atoms with E-state index in [9.17, 15) is 0 Å². The van der Waals surface area contributed by atoms with Crippen LogP contribution in [0.5, 0.6) is 11.5 Å². The van der Waals surface area contributed by atoms with Gasteiger partial charge in [-0.3, -0.25) is 4.68 Å². The number of hydrogen-bond acceptors (Lipinski definition) is 4. The van der Waals surface area contributed by atoms with Gasteiger partial charge in [0.2, 0.25) is 0 Å². The van der Waals surface area contributed by atoms with Crippen molar-refractivity contribution in [2.75, 3.05) is 20.3 Å². The zero-order valence-corrected chi connectivity index (χ0v) is 13.8. The molecule has 2 aromatic rings. The summed E-state index contributed by atoms with van der Waals surface area (Å²) < 4.78 is 13.0. The second-order valence-electron chi connectivity index (χ2n) is 5.89. The Morgan fingerprint density at radius 1 is 1.39 bits per heavy atom. The van der Waals surface area contributed by atoms with Crippen molar-refractivity contribution in [1.82, 2.24) is 15.1 Å². The SMILES string of the molecule is COc1ccc2c(c1)OCC(CN[C@@H](C)[C@H](C)n1cccn1)=C2. The summed E-state index contributed by atoms with van der Waals surface area (Å²) in [6.45, 7) is 5.75. The highest BCUT2D eigenvalue weighted by Crippen LogP contribution is 2.30. The first kappa shape index (κ1) is 15.6. The molecule has 2 atom stereocenters. The third-order valence-corrected chi connectivity index (χ3v) is 4.31. The summed E-state index contributed by atoms with van der Waals surface area (Å²) in [5, 5.41) is 7.86. The highest BCUT2D eigenvalue weighted by Gasteiger charge is 2.16. The molecule has 5 heteroatoms. The third-order valence-electron chi connectivity index (χ3n) is 4.31. The first-order chi connectivity index (χ1) is 11.2. The molecule has 2 heterocycles. The van der Waals surface area contributed by atoms with Crippen LogP contribution in [0.1, 0.15) is 25.5 Å². The van der Waals surface area contributed by atoms with Crippen LogP contribution in [0.25, 0.3) is 6.08 Å². The summed E-state index contributed by atoms with van der Waals surface area (Å²) >= 11 is 0. The van der Waals surface area contributed by atoms with Crippen molar-refractivity contribution < 1.29 is 9.47 Å². The van der Waals surface area contributed by atoms with Crippen LogP contribution in [0, 0.1) is 0 Å². The zero-order chi connectivity index (χ0) is 16.2. The fraction of sp³-hybridized carbons (Fsp3) is 0.389. The van der Waals surface area contributed by atoms with Gasteiger partial charge in [-0.05, 0) is 43.7 Å². The van der Waals surface area contributed by atoms with E-state index in [0.29, 0.717) is 18.7 Å². The summed E-state index contributed by atoms with van der Waals surface area (Å²) in [5.74, 6) is 1.70. The third kappa shape index (κ3) is 3.56. The highest BCUT2D eigenvalue weighted by molar-refractivity contribution is 5.63. The molecule has 0 aliphatic carbocycles. The molecule has 1 N–H and O–H groups in total. The standard InChI is InChI=1S/C18H23N3O2/c1-13(14(2)21-8-4-7-20-21)19-11-15-9-16-5-6-17(22-3)10-18(16)23-12-15/h4-10,13-14,19H,11-12H2,1-3H3/t13-,14-/m0/s1. The molecule has 23 heavy (non-hydrogen) atoms. The molecular formula is C18H23N3O2. The van der Waals surface area contributed by atoms with E-state index in [1.54, 1.807) is 7.11 Å². The highest BCUT2D eigenvalue weighted by atomic mass is 16.5. The van der Waals surface area contributed by atoms with Crippen LogP contribution in [0.4, 0.5) is 0 Å². The first-order valence-corrected chi connectivity index (χ1v) is 7.90. The number of nitrogens with zero attached hydrogens (tertiary/aromatic N) is 2. The molecule has 0 amide bonds. The summed E-state index contributed by atoms with van der Waals surface area (Å²) in [6, 6.07) is 8.48. The van der Waals surface area contributed by atoms with Gasteiger partial charge < -0.3 is 14.8 Å². The Hall–Kier alpha value is -2.27. The van der Waals surface area contributed by atoms with Gasteiger partial charge in [-0.2, -0.15) is 5.10 Å². The predicted molar refractivity (Wildman–Crippen MR) is 90.9 cm³/mol. The number of benzene rings is 1. The number of aromatic nitrogens is 2. The van der Waals surface area contributed by atoms with Gasteiger partial charge in [-0.25, -0.2) is 0 Å². The lowest BCUT2D eigenvalue weighted by Gasteiger charge is -2.24. The number of nitrogens with one attached hydrogen (secondary N) is 1. The van der Waals surface area contributed by atoms with E-state index in [1.165, 1.54) is 5.57 Å². The maximum atomic E-state index is 5.84. The lowest BCUT2D eigenvalue weighted by molar-refractivity contribution is 0.329. The molecule has 1 aliphatic rings. The maximum absolute atomic E-state index is 5.84. The van der Waals surface area contributed by atoms with Crippen molar-refractivity contribution in [2.24, 2.45) is 0 Å². The van der Waals surface area contributed by atoms with E-state index in [2.05, 4.69) is 30.3 Å². The quantitative estimate of drug-likeness (QED) is 0.891. The van der Waals surface area contributed by atoms with Gasteiger partial charge in [0.15, 0.2) is 0 Å². The Morgan fingerprint density at radius 2 is 2.26 bits per heavy atom. The number of rotatable bonds is 6. The predicted octanol–water partition coefficient (Wildman–Crippen LogP) is 2.91. The fourth-order valence-corrected chi connectivity index (χ4v) is 2.63. The van der Waals surface area contributed by atoms with Crippen LogP contribution in [-0.4, -0.2) is 36.1 Å². The van der Waals surface area contributed by atoms with E-state index >= 15 is 0 Å².